The summed E-state index contributed by atoms with van der Waals surface area (Å²) in [5, 5.41) is 6.36. The quantitative estimate of drug-likeness (QED) is 0.534. The molecule has 0 aliphatic carbocycles. The predicted octanol–water partition coefficient (Wildman–Crippen LogP) is 3.64. The smallest absolute Gasteiger partial charge is 0.269 e. The molecule has 3 aromatic rings. The van der Waals surface area contributed by atoms with Gasteiger partial charge in [0.05, 0.1) is 5.69 Å². The Labute approximate surface area is 169 Å². The van der Waals surface area contributed by atoms with Gasteiger partial charge in [0.2, 0.25) is 5.95 Å². The van der Waals surface area contributed by atoms with Crippen molar-refractivity contribution in [1.82, 2.24) is 15.1 Å². The highest BCUT2D eigenvalue weighted by molar-refractivity contribution is 5.96. The van der Waals surface area contributed by atoms with Gasteiger partial charge in [0, 0.05) is 19.5 Å². The Hall–Kier alpha value is -3.59. The molecule has 1 amide bonds. The van der Waals surface area contributed by atoms with Crippen LogP contribution in [0, 0.1) is 24.8 Å². The van der Waals surface area contributed by atoms with Crippen LogP contribution in [0.1, 0.15) is 28.5 Å². The van der Waals surface area contributed by atoms with Gasteiger partial charge in [-0.05, 0) is 37.5 Å². The van der Waals surface area contributed by atoms with Gasteiger partial charge in [-0.2, -0.15) is 9.49 Å². The van der Waals surface area contributed by atoms with Crippen molar-refractivity contribution in [2.75, 3.05) is 0 Å². The molecule has 1 N–H and O–H groups in total. The summed E-state index contributed by atoms with van der Waals surface area (Å²) >= 11 is 0. The standard InChI is InChI=1S/C23H22FN3O2/c1-17-20(21(24)27(3)26-17)22(28)25-15-14-23(2,16-18-10-6-4-7-11-18)29-19-12-8-5-9-13-19/h4-13H,16H2,1-3H3,(H,25,28). The van der Waals surface area contributed by atoms with E-state index in [0.29, 0.717) is 17.9 Å². The lowest BCUT2D eigenvalue weighted by Crippen LogP contribution is -2.34. The van der Waals surface area contributed by atoms with E-state index < -0.39 is 17.5 Å². The fourth-order valence-corrected chi connectivity index (χ4v) is 3.01. The van der Waals surface area contributed by atoms with E-state index in [1.165, 1.54) is 7.05 Å². The van der Waals surface area contributed by atoms with Crippen LogP contribution in [-0.4, -0.2) is 21.3 Å². The highest BCUT2D eigenvalue weighted by Crippen LogP contribution is 2.22. The van der Waals surface area contributed by atoms with Crippen molar-refractivity contribution in [2.24, 2.45) is 7.05 Å². The summed E-state index contributed by atoms with van der Waals surface area (Å²) < 4.78 is 21.2. The number of aryl methyl sites for hydroxylation is 2. The third-order valence-corrected chi connectivity index (χ3v) is 4.35. The van der Waals surface area contributed by atoms with Crippen molar-refractivity contribution < 1.29 is 13.9 Å². The third kappa shape index (κ3) is 5.02. The number of carbonyl (C=O) groups excluding carboxylic acids is 1. The predicted molar refractivity (Wildman–Crippen MR) is 109 cm³/mol. The average molecular weight is 391 g/mol. The van der Waals surface area contributed by atoms with Crippen molar-refractivity contribution >= 4 is 5.91 Å². The molecule has 0 saturated heterocycles. The van der Waals surface area contributed by atoms with Gasteiger partial charge in [0.1, 0.15) is 11.3 Å². The number of carbonyl (C=O) groups is 1. The molecular formula is C23H22FN3O2. The molecule has 1 aromatic heterocycles. The minimum atomic E-state index is -0.904. The number of nitrogens with one attached hydrogen (secondary N) is 1. The zero-order valence-electron chi connectivity index (χ0n) is 16.6. The molecule has 1 atom stereocenters. The van der Waals surface area contributed by atoms with Crippen LogP contribution in [-0.2, 0) is 13.5 Å². The number of benzene rings is 2. The summed E-state index contributed by atoms with van der Waals surface area (Å²) in [6.07, 6.45) is 0.506. The second-order valence-corrected chi connectivity index (χ2v) is 6.89. The molecule has 0 fully saturated rings. The second-order valence-electron chi connectivity index (χ2n) is 6.89. The van der Waals surface area contributed by atoms with Gasteiger partial charge in [0.15, 0.2) is 5.60 Å². The van der Waals surface area contributed by atoms with Gasteiger partial charge in [-0.3, -0.25) is 10.1 Å². The summed E-state index contributed by atoms with van der Waals surface area (Å²) in [4.78, 5) is 12.4. The van der Waals surface area contributed by atoms with Gasteiger partial charge in [0.25, 0.3) is 5.91 Å². The van der Waals surface area contributed by atoms with E-state index in [0.717, 1.165) is 10.2 Å². The molecule has 1 heterocycles. The number of hydrogen-bond donors (Lipinski definition) is 1. The zero-order valence-corrected chi connectivity index (χ0v) is 16.6. The molecule has 0 aliphatic rings. The Morgan fingerprint density at radius 2 is 1.79 bits per heavy atom. The maximum Gasteiger partial charge on any atom is 0.269 e. The first-order valence-corrected chi connectivity index (χ1v) is 9.17. The molecule has 2 aromatic carbocycles. The highest BCUT2D eigenvalue weighted by atomic mass is 19.1. The van der Waals surface area contributed by atoms with Crippen LogP contribution in [0.3, 0.4) is 0 Å². The van der Waals surface area contributed by atoms with Crippen LogP contribution in [0.2, 0.25) is 0 Å². The molecule has 29 heavy (non-hydrogen) atoms. The van der Waals surface area contributed by atoms with E-state index in [1.807, 2.05) is 67.6 Å². The Kier molecular flexibility index (Phi) is 5.99. The van der Waals surface area contributed by atoms with Crippen LogP contribution in [0.4, 0.5) is 4.39 Å². The summed E-state index contributed by atoms with van der Waals surface area (Å²) in [5.74, 6) is 2.32. The number of ether oxygens (including phenoxy) is 1. The maximum atomic E-state index is 14.1. The van der Waals surface area contributed by atoms with Crippen molar-refractivity contribution in [3.63, 3.8) is 0 Å². The van der Waals surface area contributed by atoms with Crippen LogP contribution >= 0.6 is 0 Å². The minimum Gasteiger partial charge on any atom is -0.474 e. The van der Waals surface area contributed by atoms with Gasteiger partial charge < -0.3 is 4.74 Å². The van der Waals surface area contributed by atoms with Crippen molar-refractivity contribution in [3.8, 4) is 17.7 Å². The highest BCUT2D eigenvalue weighted by Gasteiger charge is 2.25. The average Bonchev–Trinajstić information content (AvgIpc) is 2.95. The van der Waals surface area contributed by atoms with Crippen LogP contribution in [0.15, 0.2) is 60.7 Å². The van der Waals surface area contributed by atoms with Crippen LogP contribution in [0.5, 0.6) is 5.75 Å². The Morgan fingerprint density at radius 3 is 2.38 bits per heavy atom. The Bertz CT molecular complexity index is 1010. The molecule has 0 spiro atoms. The summed E-state index contributed by atoms with van der Waals surface area (Å²) in [7, 11) is 1.44. The lowest BCUT2D eigenvalue weighted by molar-refractivity contribution is 0.0968. The number of aromatic nitrogens is 2. The molecule has 0 bridgehead atoms. The van der Waals surface area contributed by atoms with Gasteiger partial charge in [-0.15, -0.1) is 0 Å². The molecule has 148 valence electrons. The Balaban J connectivity index is 1.82. The molecular weight excluding hydrogens is 369 g/mol. The third-order valence-electron chi connectivity index (χ3n) is 4.35. The number of rotatable bonds is 5. The van der Waals surface area contributed by atoms with E-state index in [1.54, 1.807) is 6.92 Å². The lowest BCUT2D eigenvalue weighted by atomic mass is 9.97. The van der Waals surface area contributed by atoms with E-state index in [9.17, 15) is 9.18 Å². The number of hydrogen-bond acceptors (Lipinski definition) is 3. The minimum absolute atomic E-state index is 0.115. The van der Waals surface area contributed by atoms with E-state index >= 15 is 0 Å². The Morgan fingerprint density at radius 1 is 1.17 bits per heavy atom. The summed E-state index contributed by atoms with van der Waals surface area (Å²) in [6.45, 7) is 3.42. The molecule has 6 heteroatoms. The maximum absolute atomic E-state index is 14.1. The normalized spacial score (nSPS) is 12.4. The van der Waals surface area contributed by atoms with E-state index in [2.05, 4.69) is 22.4 Å². The monoisotopic (exact) mass is 391 g/mol. The lowest BCUT2D eigenvalue weighted by Gasteiger charge is -2.25. The number of amides is 1. The topological polar surface area (TPSA) is 56.2 Å². The van der Waals surface area contributed by atoms with Crippen LogP contribution in [0.25, 0.3) is 0 Å². The molecule has 0 radical (unpaired) electrons. The SMILES string of the molecule is Cc1nn(C)c(F)c1C(=O)NC#CC(C)(Cc1ccccc1)Oc1ccccc1. The first kappa shape index (κ1) is 20.2. The number of nitrogens with zero attached hydrogens (tertiary/aromatic N) is 2. The largest absolute Gasteiger partial charge is 0.474 e. The summed E-state index contributed by atoms with van der Waals surface area (Å²) in [6, 6.07) is 21.8. The fraction of sp³-hybridized carbons (Fsp3) is 0.217. The first-order valence-electron chi connectivity index (χ1n) is 9.17. The van der Waals surface area contributed by atoms with Gasteiger partial charge in [-0.1, -0.05) is 48.5 Å². The van der Waals surface area contributed by atoms with Crippen molar-refractivity contribution in [1.29, 1.82) is 0 Å². The second kappa shape index (κ2) is 8.61. The fourth-order valence-electron chi connectivity index (χ4n) is 3.01. The van der Waals surface area contributed by atoms with E-state index in [4.69, 9.17) is 4.74 Å². The molecule has 5 nitrogen and oxygen atoms in total. The van der Waals surface area contributed by atoms with Crippen LogP contribution < -0.4 is 10.1 Å². The van der Waals surface area contributed by atoms with E-state index in [-0.39, 0.29) is 5.56 Å². The van der Waals surface area contributed by atoms with Crippen molar-refractivity contribution in [2.45, 2.75) is 25.9 Å². The molecule has 1 unspecified atom stereocenters. The zero-order chi connectivity index (χ0) is 20.9. The molecule has 3 rings (SSSR count). The van der Waals surface area contributed by atoms with Gasteiger partial charge in [-0.25, -0.2) is 4.68 Å². The van der Waals surface area contributed by atoms with Crippen molar-refractivity contribution in [3.05, 3.63) is 83.4 Å². The number of para-hydroxylation sites is 1. The molecule has 0 aliphatic heterocycles. The van der Waals surface area contributed by atoms with Gasteiger partial charge >= 0.3 is 0 Å². The summed E-state index contributed by atoms with van der Waals surface area (Å²) in [5.41, 5.74) is 0.325. The first-order chi connectivity index (χ1) is 13.9. The molecule has 0 saturated carbocycles. The number of halogens is 1.